The van der Waals surface area contributed by atoms with Crippen LogP contribution in [-0.2, 0) is 14.8 Å². The van der Waals surface area contributed by atoms with Crippen LogP contribution in [0.2, 0.25) is 0 Å². The second-order valence-corrected chi connectivity index (χ2v) is 10.2. The van der Waals surface area contributed by atoms with Gasteiger partial charge in [0.25, 0.3) is 15.9 Å². The summed E-state index contributed by atoms with van der Waals surface area (Å²) in [7, 11) is -3.54. The molecule has 3 aromatic heterocycles. The Morgan fingerprint density at radius 1 is 1.19 bits per heavy atom. The van der Waals surface area contributed by atoms with E-state index in [4.69, 9.17) is 16.2 Å². The lowest BCUT2D eigenvalue weighted by molar-refractivity contribution is 0.0731. The molecule has 0 aliphatic carbocycles. The van der Waals surface area contributed by atoms with Crippen LogP contribution >= 0.6 is 22.7 Å². The van der Waals surface area contributed by atoms with E-state index >= 15 is 0 Å². The number of nitrogen functional groups attached to an aromatic ring is 1. The normalized spacial score (nSPS) is 16.0. The Labute approximate surface area is 163 Å². The van der Waals surface area contributed by atoms with Gasteiger partial charge in [0.15, 0.2) is 0 Å². The number of sulfonamides is 1. The number of carbonyl (C=O) groups excluding carboxylic acids is 1. The van der Waals surface area contributed by atoms with Gasteiger partial charge in [0.05, 0.1) is 23.5 Å². The number of hydrogen-bond acceptors (Lipinski definition) is 8. The molecule has 1 aliphatic heterocycles. The van der Waals surface area contributed by atoms with Crippen molar-refractivity contribution >= 4 is 54.5 Å². The van der Waals surface area contributed by atoms with Crippen molar-refractivity contribution in [3.05, 3.63) is 30.0 Å². The molecule has 4 heterocycles. The largest absolute Gasteiger partial charge is 0.383 e. The second-order valence-electron chi connectivity index (χ2n) is 5.91. The monoisotopic (exact) mass is 424 g/mol. The van der Waals surface area contributed by atoms with Crippen molar-refractivity contribution in [2.45, 2.75) is 4.21 Å². The molecular weight excluding hydrogens is 408 g/mol. The Morgan fingerprint density at radius 3 is 2.63 bits per heavy atom. The number of nitrogens with zero attached hydrogens (tertiary/aromatic N) is 2. The summed E-state index contributed by atoms with van der Waals surface area (Å²) in [5.74, 6) is -0.280. The molecule has 3 aromatic rings. The maximum Gasteiger partial charge on any atom is 0.252 e. The molecule has 1 fully saturated rings. The van der Waals surface area contributed by atoms with Crippen LogP contribution in [-0.4, -0.2) is 49.9 Å². The fourth-order valence-electron chi connectivity index (χ4n) is 2.85. The highest BCUT2D eigenvalue weighted by Gasteiger charge is 2.28. The number of aromatic nitrogens is 1. The Bertz CT molecular complexity index is 1130. The van der Waals surface area contributed by atoms with Gasteiger partial charge in [-0.15, -0.1) is 22.7 Å². The number of amides is 1. The molecule has 0 saturated carbocycles. The van der Waals surface area contributed by atoms with Gasteiger partial charge in [-0.05, 0) is 18.2 Å². The lowest BCUT2D eigenvalue weighted by Crippen LogP contribution is -2.40. The van der Waals surface area contributed by atoms with Gasteiger partial charge in [0.1, 0.15) is 10.0 Å². The van der Waals surface area contributed by atoms with Gasteiger partial charge in [-0.25, -0.2) is 13.4 Å². The summed E-state index contributed by atoms with van der Waals surface area (Å²) in [5.41, 5.74) is 11.6. The van der Waals surface area contributed by atoms with E-state index in [1.54, 1.807) is 12.1 Å². The Hall–Kier alpha value is -2.05. The molecule has 0 aromatic carbocycles. The van der Waals surface area contributed by atoms with Crippen LogP contribution in [0, 0.1) is 0 Å². The molecule has 142 valence electrons. The highest BCUT2D eigenvalue weighted by atomic mass is 32.2. The molecule has 0 unspecified atom stereocenters. The van der Waals surface area contributed by atoms with Gasteiger partial charge in [-0.1, -0.05) is 0 Å². The Balaban J connectivity index is 1.74. The van der Waals surface area contributed by atoms with Gasteiger partial charge in [-0.3, -0.25) is 4.79 Å². The quantitative estimate of drug-likeness (QED) is 0.656. The molecule has 0 bridgehead atoms. The number of rotatable bonds is 4. The number of hydrogen-bond donors (Lipinski definition) is 2. The van der Waals surface area contributed by atoms with Crippen LogP contribution in [0.25, 0.3) is 19.8 Å². The van der Waals surface area contributed by atoms with Gasteiger partial charge >= 0.3 is 0 Å². The van der Waals surface area contributed by atoms with Gasteiger partial charge in [-0.2, -0.15) is 4.31 Å². The Kier molecular flexibility index (Phi) is 4.64. The number of carbonyl (C=O) groups is 1. The Morgan fingerprint density at radius 2 is 1.93 bits per heavy atom. The molecule has 4 N–H and O–H groups in total. The van der Waals surface area contributed by atoms with Crippen LogP contribution in [0.3, 0.4) is 0 Å². The van der Waals surface area contributed by atoms with E-state index in [9.17, 15) is 13.2 Å². The third-order valence-electron chi connectivity index (χ3n) is 4.24. The smallest absolute Gasteiger partial charge is 0.252 e. The lowest BCUT2D eigenvalue weighted by atomic mass is 10.2. The lowest BCUT2D eigenvalue weighted by Gasteiger charge is -2.25. The standard InChI is InChI=1S/C16H16N4O4S3/c17-15-9-7-12(26-14(9)10(8-19-15)16(18)21)11-1-2-13(25-11)27(22,23)20-3-5-24-6-4-20/h1-2,7-8H,3-6H2,(H2,17,19)(H2,18,21). The van der Waals surface area contributed by atoms with Gasteiger partial charge in [0, 0.05) is 34.4 Å². The molecular formula is C16H16N4O4S3. The number of anilines is 1. The summed E-state index contributed by atoms with van der Waals surface area (Å²) in [4.78, 5) is 17.2. The third-order valence-corrected chi connectivity index (χ3v) is 9.05. The zero-order valence-corrected chi connectivity index (χ0v) is 16.5. The number of primary amides is 1. The number of pyridine rings is 1. The molecule has 4 rings (SSSR count). The molecule has 27 heavy (non-hydrogen) atoms. The van der Waals surface area contributed by atoms with Crippen molar-refractivity contribution in [2.24, 2.45) is 5.73 Å². The molecule has 1 aliphatic rings. The van der Waals surface area contributed by atoms with Crippen molar-refractivity contribution in [3.8, 4) is 9.75 Å². The van der Waals surface area contributed by atoms with Gasteiger partial charge < -0.3 is 16.2 Å². The zero-order valence-electron chi connectivity index (χ0n) is 14.0. The zero-order chi connectivity index (χ0) is 19.2. The van der Waals surface area contributed by atoms with E-state index in [1.807, 2.05) is 6.07 Å². The summed E-state index contributed by atoms with van der Waals surface area (Å²) in [6.07, 6.45) is 1.36. The van der Waals surface area contributed by atoms with Gasteiger partial charge in [0.2, 0.25) is 0 Å². The van der Waals surface area contributed by atoms with Crippen molar-refractivity contribution < 1.29 is 17.9 Å². The third kappa shape index (κ3) is 3.21. The number of morpholine rings is 1. The van der Waals surface area contributed by atoms with Crippen LogP contribution in [0.5, 0.6) is 0 Å². The molecule has 8 nitrogen and oxygen atoms in total. The number of nitrogens with two attached hydrogens (primary N) is 2. The summed E-state index contributed by atoms with van der Waals surface area (Å²) in [5, 5.41) is 0.636. The number of thiophene rings is 2. The summed E-state index contributed by atoms with van der Waals surface area (Å²) >= 11 is 2.52. The maximum atomic E-state index is 12.8. The predicted molar refractivity (Wildman–Crippen MR) is 105 cm³/mol. The fraction of sp³-hybridized carbons (Fsp3) is 0.250. The second kappa shape index (κ2) is 6.84. The van der Waals surface area contributed by atoms with Crippen LogP contribution in [0.4, 0.5) is 5.82 Å². The first-order valence-electron chi connectivity index (χ1n) is 8.04. The van der Waals surface area contributed by atoms with E-state index in [2.05, 4.69) is 4.98 Å². The summed E-state index contributed by atoms with van der Waals surface area (Å²) < 4.78 is 33.2. The van der Waals surface area contributed by atoms with Crippen molar-refractivity contribution in [1.82, 2.24) is 9.29 Å². The highest BCUT2D eigenvalue weighted by Crippen LogP contribution is 2.41. The van der Waals surface area contributed by atoms with E-state index in [0.29, 0.717) is 47.8 Å². The van der Waals surface area contributed by atoms with Crippen molar-refractivity contribution in [1.29, 1.82) is 0 Å². The minimum absolute atomic E-state index is 0.276. The maximum absolute atomic E-state index is 12.8. The highest BCUT2D eigenvalue weighted by molar-refractivity contribution is 7.91. The topological polar surface area (TPSA) is 129 Å². The molecule has 11 heteroatoms. The average molecular weight is 425 g/mol. The summed E-state index contributed by atoms with van der Waals surface area (Å²) in [6, 6.07) is 5.17. The minimum atomic E-state index is -3.54. The van der Waals surface area contributed by atoms with Crippen LogP contribution in [0.1, 0.15) is 10.4 Å². The number of ether oxygens (including phenoxy) is 1. The molecule has 0 radical (unpaired) electrons. The van der Waals surface area contributed by atoms with Crippen LogP contribution < -0.4 is 11.5 Å². The summed E-state index contributed by atoms with van der Waals surface area (Å²) in [6.45, 7) is 1.50. The average Bonchev–Trinajstić information content (AvgIpc) is 3.30. The van der Waals surface area contributed by atoms with Crippen LogP contribution in [0.15, 0.2) is 28.6 Å². The van der Waals surface area contributed by atoms with Crippen molar-refractivity contribution in [2.75, 3.05) is 32.0 Å². The number of fused-ring (bicyclic) bond motifs is 1. The first-order valence-corrected chi connectivity index (χ1v) is 11.1. The SMILES string of the molecule is NC(=O)c1cnc(N)c2cc(-c3ccc(S(=O)(=O)N4CCOCC4)s3)sc12. The first-order chi connectivity index (χ1) is 12.9. The van der Waals surface area contributed by atoms with E-state index < -0.39 is 15.9 Å². The first kappa shape index (κ1) is 18.3. The predicted octanol–water partition coefficient (Wildman–Crippen LogP) is 1.73. The van der Waals surface area contributed by atoms with E-state index in [1.165, 1.54) is 33.2 Å². The molecule has 1 amide bonds. The molecule has 0 atom stereocenters. The molecule has 1 saturated heterocycles. The van der Waals surface area contributed by atoms with E-state index in [-0.39, 0.29) is 4.21 Å². The van der Waals surface area contributed by atoms with Crippen molar-refractivity contribution in [3.63, 3.8) is 0 Å². The minimum Gasteiger partial charge on any atom is -0.383 e. The molecule has 0 spiro atoms. The van der Waals surface area contributed by atoms with E-state index in [0.717, 1.165) is 9.75 Å². The fourth-order valence-corrected chi connectivity index (χ4v) is 6.98.